The van der Waals surface area contributed by atoms with Crippen LogP contribution in [-0.4, -0.2) is 98.5 Å². The van der Waals surface area contributed by atoms with Crippen molar-refractivity contribution in [1.82, 2.24) is 14.7 Å². The minimum Gasteiger partial charge on any atom is -0.497 e. The maximum absolute atomic E-state index is 14.5. The molecule has 1 N–H and O–H groups in total. The first-order valence-corrected chi connectivity index (χ1v) is 14.7. The number of rotatable bonds is 7. The predicted molar refractivity (Wildman–Crippen MR) is 160 cm³/mol. The summed E-state index contributed by atoms with van der Waals surface area (Å²) >= 11 is 0. The molecule has 2 saturated heterocycles. The minimum absolute atomic E-state index is 0.120. The third-order valence-corrected chi connectivity index (χ3v) is 8.47. The number of anilines is 2. The van der Waals surface area contributed by atoms with E-state index in [9.17, 15) is 27.9 Å². The number of benzene rings is 2. The number of carbonyl (C=O) groups is 1. The highest BCUT2D eigenvalue weighted by molar-refractivity contribution is 5.84. The smallest absolute Gasteiger partial charge is 0.418 e. The number of amides is 1. The van der Waals surface area contributed by atoms with Gasteiger partial charge in [0.1, 0.15) is 17.2 Å². The summed E-state index contributed by atoms with van der Waals surface area (Å²) in [5.41, 5.74) is -0.427. The number of aromatic nitrogens is 2. The second-order valence-corrected chi connectivity index (χ2v) is 11.2. The SMILES string of the molecule is COc1cc(OC)cc(-c2nn(-c3cc(N4CC[C@H](O)C4)ccc3C(F)(F)F)c(=O)c3c2CCN3CC(=O)N2CCOCC2)c1. The number of hydrogen-bond donors (Lipinski definition) is 1. The molecular formula is C31H34F3N5O6. The average molecular weight is 630 g/mol. The fraction of sp³-hybridized carbons (Fsp3) is 0.452. The lowest BCUT2D eigenvalue weighted by Gasteiger charge is -2.29. The molecule has 3 aromatic rings. The fourth-order valence-corrected chi connectivity index (χ4v) is 6.15. The molecule has 6 rings (SSSR count). The van der Waals surface area contributed by atoms with Gasteiger partial charge in [0.2, 0.25) is 5.91 Å². The summed E-state index contributed by atoms with van der Waals surface area (Å²) in [5.74, 6) is 0.658. The molecule has 0 radical (unpaired) electrons. The lowest BCUT2D eigenvalue weighted by atomic mass is 10.0. The van der Waals surface area contributed by atoms with Crippen LogP contribution >= 0.6 is 0 Å². The third kappa shape index (κ3) is 6.03. The molecule has 0 aliphatic carbocycles. The summed E-state index contributed by atoms with van der Waals surface area (Å²) in [6.07, 6.45) is -4.59. The first-order chi connectivity index (χ1) is 21.6. The van der Waals surface area contributed by atoms with E-state index < -0.39 is 29.1 Å². The molecule has 0 unspecified atom stereocenters. The lowest BCUT2D eigenvalue weighted by Crippen LogP contribution is -2.46. The molecule has 0 spiro atoms. The van der Waals surface area contributed by atoms with E-state index >= 15 is 0 Å². The van der Waals surface area contributed by atoms with Gasteiger partial charge >= 0.3 is 6.18 Å². The Morgan fingerprint density at radius 3 is 2.38 bits per heavy atom. The largest absolute Gasteiger partial charge is 0.497 e. The zero-order valence-electron chi connectivity index (χ0n) is 25.0. The van der Waals surface area contributed by atoms with Crippen LogP contribution in [0.1, 0.15) is 17.5 Å². The first kappa shape index (κ1) is 30.7. The molecule has 45 heavy (non-hydrogen) atoms. The van der Waals surface area contributed by atoms with Gasteiger partial charge in [-0.15, -0.1) is 0 Å². The number of aliphatic hydroxyl groups is 1. The molecule has 1 amide bonds. The van der Waals surface area contributed by atoms with Crippen molar-refractivity contribution >= 4 is 17.3 Å². The van der Waals surface area contributed by atoms with E-state index in [2.05, 4.69) is 5.10 Å². The summed E-state index contributed by atoms with van der Waals surface area (Å²) in [4.78, 5) is 32.6. The van der Waals surface area contributed by atoms with Crippen LogP contribution in [0.4, 0.5) is 24.5 Å². The van der Waals surface area contributed by atoms with Gasteiger partial charge in [-0.1, -0.05) is 0 Å². The Hall–Kier alpha value is -4.30. The maximum Gasteiger partial charge on any atom is 0.418 e. The van der Waals surface area contributed by atoms with Gasteiger partial charge < -0.3 is 34.0 Å². The third-order valence-electron chi connectivity index (χ3n) is 8.47. The number of nitrogens with zero attached hydrogens (tertiary/aromatic N) is 5. The number of aliphatic hydroxyl groups excluding tert-OH is 1. The van der Waals surface area contributed by atoms with E-state index in [0.29, 0.717) is 80.5 Å². The Labute approximate surface area is 257 Å². The standard InChI is InChI=1S/C31H34F3N5O6/c1-43-22-13-19(14-23(16-22)44-2)28-24-6-8-38(18-27(41)36-9-11-45-12-10-36)29(24)30(42)39(35-28)26-15-20(37-7-5-21(40)17-37)3-4-25(26)31(32,33)34/h3-4,13-16,21,40H,5-12,17-18H2,1-2H3/t21-/m0/s1. The zero-order chi connectivity index (χ0) is 31.9. The van der Waals surface area contributed by atoms with Crippen LogP contribution in [0.3, 0.4) is 0 Å². The highest BCUT2D eigenvalue weighted by atomic mass is 19.4. The van der Waals surface area contributed by atoms with Crippen LogP contribution in [0, 0.1) is 0 Å². The lowest BCUT2D eigenvalue weighted by molar-refractivity contribution is -0.137. The van der Waals surface area contributed by atoms with Crippen molar-refractivity contribution < 1.29 is 37.3 Å². The fourth-order valence-electron chi connectivity index (χ4n) is 6.15. The Kier molecular flexibility index (Phi) is 8.35. The van der Waals surface area contributed by atoms with E-state index in [1.807, 2.05) is 0 Å². The highest BCUT2D eigenvalue weighted by Gasteiger charge is 2.37. The molecule has 4 heterocycles. The molecule has 11 nitrogen and oxygen atoms in total. The number of β-amino-alcohol motifs (C(OH)–C–C–N with tert-alkyl or cyclic N) is 1. The van der Waals surface area contributed by atoms with Crippen molar-refractivity contribution in [2.24, 2.45) is 0 Å². The summed E-state index contributed by atoms with van der Waals surface area (Å²) in [7, 11) is 2.96. The van der Waals surface area contributed by atoms with E-state index in [-0.39, 0.29) is 30.4 Å². The minimum atomic E-state index is -4.80. The predicted octanol–water partition coefficient (Wildman–Crippen LogP) is 2.73. The second-order valence-electron chi connectivity index (χ2n) is 11.2. The van der Waals surface area contributed by atoms with Gasteiger partial charge in [-0.25, -0.2) is 0 Å². The van der Waals surface area contributed by atoms with Crippen LogP contribution in [0.5, 0.6) is 11.5 Å². The Morgan fingerprint density at radius 2 is 1.76 bits per heavy atom. The van der Waals surface area contributed by atoms with Crippen molar-refractivity contribution in [3.8, 4) is 28.4 Å². The van der Waals surface area contributed by atoms with Gasteiger partial charge in [-0.05, 0) is 43.2 Å². The molecule has 2 fully saturated rings. The topological polar surface area (TPSA) is 110 Å². The van der Waals surface area contributed by atoms with Gasteiger partial charge in [0, 0.05) is 55.6 Å². The van der Waals surface area contributed by atoms with Crippen molar-refractivity contribution in [3.05, 3.63) is 57.9 Å². The van der Waals surface area contributed by atoms with Crippen molar-refractivity contribution in [2.75, 3.05) is 76.5 Å². The average Bonchev–Trinajstić information content (AvgIpc) is 3.67. The van der Waals surface area contributed by atoms with Gasteiger partial charge in [0.25, 0.3) is 5.56 Å². The van der Waals surface area contributed by atoms with E-state index in [1.54, 1.807) is 32.9 Å². The number of hydrogen-bond acceptors (Lipinski definition) is 9. The number of ether oxygens (including phenoxy) is 3. The van der Waals surface area contributed by atoms with Crippen molar-refractivity contribution in [3.63, 3.8) is 0 Å². The van der Waals surface area contributed by atoms with E-state index in [4.69, 9.17) is 14.2 Å². The molecule has 240 valence electrons. The summed E-state index contributed by atoms with van der Waals surface area (Å²) in [6, 6.07) is 8.57. The van der Waals surface area contributed by atoms with E-state index in [1.165, 1.54) is 26.4 Å². The summed E-state index contributed by atoms with van der Waals surface area (Å²) in [6.45, 7) is 2.54. The van der Waals surface area contributed by atoms with Crippen LogP contribution < -0.4 is 24.8 Å². The van der Waals surface area contributed by atoms with Crippen molar-refractivity contribution in [1.29, 1.82) is 0 Å². The molecule has 3 aliphatic rings. The van der Waals surface area contributed by atoms with Crippen LogP contribution in [0.25, 0.3) is 16.9 Å². The van der Waals surface area contributed by atoms with Crippen LogP contribution in [-0.2, 0) is 22.1 Å². The Morgan fingerprint density at radius 1 is 1.04 bits per heavy atom. The van der Waals surface area contributed by atoms with Gasteiger partial charge in [-0.3, -0.25) is 9.59 Å². The molecule has 0 bridgehead atoms. The van der Waals surface area contributed by atoms with Crippen molar-refractivity contribution in [2.45, 2.75) is 25.1 Å². The van der Waals surface area contributed by atoms with Gasteiger partial charge in [0.15, 0.2) is 0 Å². The molecule has 14 heteroatoms. The summed E-state index contributed by atoms with van der Waals surface area (Å²) in [5, 5.41) is 14.7. The molecular weight excluding hydrogens is 595 g/mol. The van der Waals surface area contributed by atoms with Crippen LogP contribution in [0.2, 0.25) is 0 Å². The van der Waals surface area contributed by atoms with E-state index in [0.717, 1.165) is 10.7 Å². The number of fused-ring (bicyclic) bond motifs is 1. The maximum atomic E-state index is 14.5. The van der Waals surface area contributed by atoms with Crippen LogP contribution in [0.15, 0.2) is 41.2 Å². The number of morpholine rings is 1. The number of carbonyl (C=O) groups excluding carboxylic acids is 1. The monoisotopic (exact) mass is 629 g/mol. The molecule has 3 aliphatic heterocycles. The van der Waals surface area contributed by atoms with Gasteiger partial charge in [-0.2, -0.15) is 23.0 Å². The molecule has 1 aromatic heterocycles. The normalized spacial score (nSPS) is 18.4. The quantitative estimate of drug-likeness (QED) is 0.422. The molecule has 2 aromatic carbocycles. The summed E-state index contributed by atoms with van der Waals surface area (Å²) < 4.78 is 60.5. The first-order valence-electron chi connectivity index (χ1n) is 14.7. The second kappa shape index (κ2) is 12.2. The Balaban J connectivity index is 1.55. The Bertz CT molecular complexity index is 1630. The molecule has 0 saturated carbocycles. The highest BCUT2D eigenvalue weighted by Crippen LogP contribution is 2.39. The number of alkyl halides is 3. The number of methoxy groups -OCH3 is 2. The number of halogens is 3. The zero-order valence-corrected chi connectivity index (χ0v) is 25.0. The van der Waals surface area contributed by atoms with Gasteiger partial charge in [0.05, 0.1) is 57.0 Å². The molecule has 1 atom stereocenters.